The first kappa shape index (κ1) is 32.4. The molecule has 0 heterocycles. The molecule has 0 saturated heterocycles. The molecule has 0 aliphatic heterocycles. The van der Waals surface area contributed by atoms with E-state index >= 15 is 0 Å². The van der Waals surface area contributed by atoms with Gasteiger partial charge in [0.25, 0.3) is 5.91 Å². The highest BCUT2D eigenvalue weighted by Crippen LogP contribution is 2.29. The van der Waals surface area contributed by atoms with Gasteiger partial charge in [-0.3, -0.25) is 14.4 Å². The number of carbonyl (C=O) groups excluding carboxylic acids is 3. The molecule has 0 aliphatic carbocycles. The van der Waals surface area contributed by atoms with Crippen molar-refractivity contribution in [1.29, 1.82) is 0 Å². The van der Waals surface area contributed by atoms with Gasteiger partial charge in [0.2, 0.25) is 11.8 Å². The van der Waals surface area contributed by atoms with E-state index in [-0.39, 0.29) is 17.9 Å². The zero-order valence-corrected chi connectivity index (χ0v) is 21.9. The summed E-state index contributed by atoms with van der Waals surface area (Å²) in [5.41, 5.74) is 4.26. The Balaban J connectivity index is 2.00. The Morgan fingerprint density at radius 3 is 2.10 bits per heavy atom. The lowest BCUT2D eigenvalue weighted by Gasteiger charge is -2.37. The van der Waals surface area contributed by atoms with Crippen LogP contribution in [-0.2, 0) is 22.2 Å². The van der Waals surface area contributed by atoms with Crippen LogP contribution in [0.3, 0.4) is 0 Å². The number of benzene rings is 2. The molecule has 8 nitrogen and oxygen atoms in total. The molecule has 40 heavy (non-hydrogen) atoms. The fraction of sp³-hybridized carbons (Fsp3) is 0.423. The van der Waals surface area contributed by atoms with Crippen molar-refractivity contribution in [3.05, 3.63) is 65.2 Å². The molecular formula is C26H30F6N4O4. The van der Waals surface area contributed by atoms with E-state index in [1.165, 1.54) is 24.3 Å². The molecule has 0 bridgehead atoms. The van der Waals surface area contributed by atoms with Crippen LogP contribution in [0.4, 0.5) is 26.3 Å². The maximum absolute atomic E-state index is 12.9. The standard InChI is InChI=1S/C26H30F6N4O4/c1-24(2,3)21(34-12-11-15-7-9-18(10-8-15)40-26(30,31)32)20(22(33)38)36-19(37)14-35-23(39)16-5-4-6-17(13-16)25(27,28)29/h4-10,13,20-21,34H,11-12,14H2,1-3H3,(H2,33,38)(H,35,39)(H,36,37). The van der Waals surface area contributed by atoms with Crippen molar-refractivity contribution in [3.8, 4) is 5.75 Å². The molecule has 2 aromatic rings. The van der Waals surface area contributed by atoms with Crippen molar-refractivity contribution in [2.45, 2.75) is 51.8 Å². The minimum atomic E-state index is -4.81. The minimum absolute atomic E-state index is 0.257. The van der Waals surface area contributed by atoms with Crippen LogP contribution in [0.5, 0.6) is 5.75 Å². The minimum Gasteiger partial charge on any atom is -0.406 e. The van der Waals surface area contributed by atoms with E-state index in [1.54, 1.807) is 20.8 Å². The summed E-state index contributed by atoms with van der Waals surface area (Å²) in [5.74, 6) is -2.97. The van der Waals surface area contributed by atoms with Crippen LogP contribution in [0.25, 0.3) is 0 Å². The highest BCUT2D eigenvalue weighted by atomic mass is 19.4. The number of alkyl halides is 6. The van der Waals surface area contributed by atoms with E-state index < -0.39 is 59.9 Å². The second kappa shape index (κ2) is 13.0. The first-order valence-corrected chi connectivity index (χ1v) is 12.0. The van der Waals surface area contributed by atoms with Gasteiger partial charge in [0, 0.05) is 11.6 Å². The van der Waals surface area contributed by atoms with Crippen LogP contribution in [-0.4, -0.2) is 49.3 Å². The van der Waals surface area contributed by atoms with Gasteiger partial charge in [-0.2, -0.15) is 13.2 Å². The first-order valence-electron chi connectivity index (χ1n) is 12.0. The molecule has 2 atom stereocenters. The second-order valence-electron chi connectivity index (χ2n) is 9.95. The van der Waals surface area contributed by atoms with Crippen molar-refractivity contribution >= 4 is 17.7 Å². The Labute approximate surface area is 226 Å². The third-order valence-corrected chi connectivity index (χ3v) is 5.69. The largest absolute Gasteiger partial charge is 0.573 e. The normalized spacial score (nSPS) is 13.7. The molecule has 220 valence electrons. The van der Waals surface area contributed by atoms with Gasteiger partial charge in [-0.15, -0.1) is 13.2 Å². The molecule has 2 unspecified atom stereocenters. The molecule has 2 rings (SSSR count). The summed E-state index contributed by atoms with van der Waals surface area (Å²) in [6.45, 7) is 4.97. The highest BCUT2D eigenvalue weighted by Gasteiger charge is 2.36. The van der Waals surface area contributed by atoms with Crippen LogP contribution >= 0.6 is 0 Å². The van der Waals surface area contributed by atoms with E-state index in [9.17, 15) is 40.7 Å². The van der Waals surface area contributed by atoms with Gasteiger partial charge < -0.3 is 26.4 Å². The number of primary amides is 1. The van der Waals surface area contributed by atoms with Gasteiger partial charge in [0.05, 0.1) is 12.1 Å². The van der Waals surface area contributed by atoms with Crippen molar-refractivity contribution in [3.63, 3.8) is 0 Å². The summed E-state index contributed by atoms with van der Waals surface area (Å²) in [4.78, 5) is 37.1. The number of hydrogen-bond donors (Lipinski definition) is 4. The maximum atomic E-state index is 12.9. The fourth-order valence-electron chi connectivity index (χ4n) is 3.80. The Morgan fingerprint density at radius 1 is 0.950 bits per heavy atom. The number of hydrogen-bond acceptors (Lipinski definition) is 5. The third-order valence-electron chi connectivity index (χ3n) is 5.69. The van der Waals surface area contributed by atoms with Gasteiger partial charge >= 0.3 is 12.5 Å². The van der Waals surface area contributed by atoms with E-state index in [0.29, 0.717) is 18.1 Å². The number of ether oxygens (including phenoxy) is 1. The molecular weight excluding hydrogens is 546 g/mol. The molecule has 0 radical (unpaired) electrons. The van der Waals surface area contributed by atoms with E-state index in [4.69, 9.17) is 5.73 Å². The average Bonchev–Trinajstić information content (AvgIpc) is 2.83. The predicted molar refractivity (Wildman–Crippen MR) is 133 cm³/mol. The SMILES string of the molecule is CC(C)(C)C(NCCc1ccc(OC(F)(F)F)cc1)C(NC(=O)CNC(=O)c1cccc(C(F)(F)F)c1)C(N)=O. The molecule has 0 fully saturated rings. The van der Waals surface area contributed by atoms with Crippen LogP contribution in [0, 0.1) is 5.41 Å². The lowest BCUT2D eigenvalue weighted by molar-refractivity contribution is -0.274. The summed E-state index contributed by atoms with van der Waals surface area (Å²) in [6.07, 6.45) is -9.11. The van der Waals surface area contributed by atoms with Gasteiger partial charge in [0.1, 0.15) is 11.8 Å². The summed E-state index contributed by atoms with van der Waals surface area (Å²) in [6, 6.07) is 6.98. The number of nitrogens with one attached hydrogen (secondary N) is 3. The number of nitrogens with two attached hydrogens (primary N) is 1. The molecule has 2 aromatic carbocycles. The molecule has 0 aliphatic rings. The molecule has 0 aromatic heterocycles. The van der Waals surface area contributed by atoms with Crippen molar-refractivity contribution in [2.75, 3.05) is 13.1 Å². The number of carbonyl (C=O) groups is 3. The molecule has 5 N–H and O–H groups in total. The summed E-state index contributed by atoms with van der Waals surface area (Å²) in [5, 5.41) is 7.80. The third kappa shape index (κ3) is 10.4. The van der Waals surface area contributed by atoms with Crippen LogP contribution < -0.4 is 26.4 Å². The Kier molecular flexibility index (Phi) is 10.6. The summed E-state index contributed by atoms with van der Waals surface area (Å²) >= 11 is 0. The zero-order chi connectivity index (χ0) is 30.3. The van der Waals surface area contributed by atoms with Gasteiger partial charge in [0.15, 0.2) is 0 Å². The van der Waals surface area contributed by atoms with Gasteiger partial charge in [-0.25, -0.2) is 0 Å². The molecule has 14 heteroatoms. The van der Waals surface area contributed by atoms with E-state index in [2.05, 4.69) is 20.7 Å². The smallest absolute Gasteiger partial charge is 0.406 e. The van der Waals surface area contributed by atoms with E-state index in [0.717, 1.165) is 18.2 Å². The molecule has 3 amide bonds. The average molecular weight is 577 g/mol. The fourth-order valence-corrected chi connectivity index (χ4v) is 3.80. The Hall–Kier alpha value is -3.81. The summed E-state index contributed by atoms with van der Waals surface area (Å²) < 4.78 is 79.6. The number of amides is 3. The highest BCUT2D eigenvalue weighted by molar-refractivity contribution is 5.97. The predicted octanol–water partition coefficient (Wildman–Crippen LogP) is 3.55. The van der Waals surface area contributed by atoms with Crippen LogP contribution in [0.1, 0.15) is 42.3 Å². The maximum Gasteiger partial charge on any atom is 0.573 e. The second-order valence-corrected chi connectivity index (χ2v) is 9.95. The topological polar surface area (TPSA) is 123 Å². The number of rotatable bonds is 11. The number of halogens is 6. The molecule has 0 spiro atoms. The Bertz CT molecular complexity index is 1180. The van der Waals surface area contributed by atoms with E-state index in [1.807, 2.05) is 0 Å². The Morgan fingerprint density at radius 2 is 1.57 bits per heavy atom. The lowest BCUT2D eigenvalue weighted by Crippen LogP contribution is -2.62. The van der Waals surface area contributed by atoms with Crippen molar-refractivity contribution < 1.29 is 45.5 Å². The quantitative estimate of drug-likeness (QED) is 0.305. The van der Waals surface area contributed by atoms with Gasteiger partial charge in [-0.05, 0) is 54.3 Å². The van der Waals surface area contributed by atoms with Crippen molar-refractivity contribution in [2.24, 2.45) is 11.1 Å². The monoisotopic (exact) mass is 576 g/mol. The summed E-state index contributed by atoms with van der Waals surface area (Å²) in [7, 11) is 0. The zero-order valence-electron chi connectivity index (χ0n) is 21.9. The van der Waals surface area contributed by atoms with Crippen LogP contribution in [0.2, 0.25) is 0 Å². The van der Waals surface area contributed by atoms with Crippen molar-refractivity contribution in [1.82, 2.24) is 16.0 Å². The van der Waals surface area contributed by atoms with Gasteiger partial charge in [-0.1, -0.05) is 39.0 Å². The first-order chi connectivity index (χ1) is 18.4. The lowest BCUT2D eigenvalue weighted by atomic mass is 9.81. The van der Waals surface area contributed by atoms with Crippen LogP contribution in [0.15, 0.2) is 48.5 Å². The molecule has 0 saturated carbocycles.